The predicted molar refractivity (Wildman–Crippen MR) is 67.5 cm³/mol. The van der Waals surface area contributed by atoms with Crippen LogP contribution in [0.3, 0.4) is 0 Å². The number of amides is 1. The third-order valence-corrected chi connectivity index (χ3v) is 4.70. The zero-order valence-corrected chi connectivity index (χ0v) is 11.6. The van der Waals surface area contributed by atoms with Gasteiger partial charge in [0, 0.05) is 13.1 Å². The molecule has 1 aliphatic carbocycles. The van der Waals surface area contributed by atoms with E-state index in [1.54, 1.807) is 0 Å². The first kappa shape index (κ1) is 16.1. The molecule has 0 aromatic rings. The van der Waals surface area contributed by atoms with Crippen LogP contribution < -0.4 is 10.6 Å². The van der Waals surface area contributed by atoms with E-state index in [0.29, 0.717) is 12.8 Å². The van der Waals surface area contributed by atoms with Crippen molar-refractivity contribution in [3.63, 3.8) is 0 Å². The molecule has 2 aliphatic rings. The maximum Gasteiger partial charge on any atom is 0.404 e. The van der Waals surface area contributed by atoms with Gasteiger partial charge in [-0.25, -0.2) is 0 Å². The Kier molecular flexibility index (Phi) is 4.19. The summed E-state index contributed by atoms with van der Waals surface area (Å²) in [6.07, 6.45) is -2.93. The monoisotopic (exact) mass is 308 g/mol. The topological polar surface area (TPSA) is 78.4 Å². The van der Waals surface area contributed by atoms with Crippen LogP contribution in [0.5, 0.6) is 0 Å². The molecule has 5 nitrogen and oxygen atoms in total. The van der Waals surface area contributed by atoms with E-state index in [-0.39, 0.29) is 25.9 Å². The normalized spacial score (nSPS) is 28.0. The Hall–Kier alpha value is -1.31. The van der Waals surface area contributed by atoms with Gasteiger partial charge in [0.2, 0.25) is 5.91 Å². The van der Waals surface area contributed by atoms with Gasteiger partial charge in [-0.15, -0.1) is 0 Å². The molecule has 21 heavy (non-hydrogen) atoms. The molecule has 1 saturated heterocycles. The van der Waals surface area contributed by atoms with Crippen LogP contribution >= 0.6 is 0 Å². The van der Waals surface area contributed by atoms with Crippen LogP contribution in [0.1, 0.15) is 32.1 Å². The highest BCUT2D eigenvalue weighted by molar-refractivity contribution is 5.84. The summed E-state index contributed by atoms with van der Waals surface area (Å²) in [5.74, 6) is -2.03. The van der Waals surface area contributed by atoms with E-state index in [9.17, 15) is 22.8 Å². The van der Waals surface area contributed by atoms with Crippen molar-refractivity contribution in [2.75, 3.05) is 19.6 Å². The Bertz CT molecular complexity index is 427. The highest BCUT2D eigenvalue weighted by Crippen LogP contribution is 2.45. The van der Waals surface area contributed by atoms with Crippen molar-refractivity contribution in [1.82, 2.24) is 10.6 Å². The Balaban J connectivity index is 2.02. The van der Waals surface area contributed by atoms with Crippen LogP contribution in [0.15, 0.2) is 0 Å². The Morgan fingerprint density at radius 1 is 1.24 bits per heavy atom. The molecule has 2 fully saturated rings. The summed E-state index contributed by atoms with van der Waals surface area (Å²) in [5.41, 5.74) is -2.97. The number of aliphatic carboxylic acids is 1. The Morgan fingerprint density at radius 3 is 2.29 bits per heavy atom. The summed E-state index contributed by atoms with van der Waals surface area (Å²) >= 11 is 0. The number of hydrogen-bond donors (Lipinski definition) is 3. The van der Waals surface area contributed by atoms with Crippen molar-refractivity contribution in [2.45, 2.75) is 38.3 Å². The molecule has 0 aromatic heterocycles. The lowest BCUT2D eigenvalue weighted by Crippen LogP contribution is -2.54. The molecule has 120 valence electrons. The van der Waals surface area contributed by atoms with Crippen LogP contribution in [0.25, 0.3) is 0 Å². The lowest BCUT2D eigenvalue weighted by molar-refractivity contribution is -0.216. The average Bonchev–Trinajstić information content (AvgIpc) is 2.81. The van der Waals surface area contributed by atoms with E-state index >= 15 is 0 Å². The number of carbonyl (C=O) groups excluding carboxylic acids is 1. The molecular formula is C13H19F3N2O3. The number of hydrogen-bond acceptors (Lipinski definition) is 3. The molecule has 8 heteroatoms. The molecular weight excluding hydrogens is 289 g/mol. The molecule has 1 aliphatic heterocycles. The first-order valence-corrected chi connectivity index (χ1v) is 6.98. The SMILES string of the molecule is O=C(O)CC1(CNC(=O)C2(C(F)(F)F)CCNC2)CCC1. The first-order valence-electron chi connectivity index (χ1n) is 6.98. The van der Waals surface area contributed by atoms with Gasteiger partial charge in [0.25, 0.3) is 0 Å². The molecule has 1 heterocycles. The summed E-state index contributed by atoms with van der Waals surface area (Å²) in [5, 5.41) is 13.8. The maximum atomic E-state index is 13.2. The fourth-order valence-electron chi connectivity index (χ4n) is 3.11. The molecule has 1 amide bonds. The van der Waals surface area contributed by atoms with Crippen LogP contribution in [0.2, 0.25) is 0 Å². The quantitative estimate of drug-likeness (QED) is 0.715. The van der Waals surface area contributed by atoms with Gasteiger partial charge in [0.1, 0.15) is 0 Å². The van der Waals surface area contributed by atoms with Crippen LogP contribution in [0.4, 0.5) is 13.2 Å². The second-order valence-electron chi connectivity index (χ2n) is 6.11. The van der Waals surface area contributed by atoms with Crippen molar-refractivity contribution in [2.24, 2.45) is 10.8 Å². The smallest absolute Gasteiger partial charge is 0.404 e. The van der Waals surface area contributed by atoms with Crippen molar-refractivity contribution in [3.05, 3.63) is 0 Å². The number of carboxylic acid groups (broad SMARTS) is 1. The zero-order chi connectivity index (χ0) is 15.7. The van der Waals surface area contributed by atoms with Gasteiger partial charge < -0.3 is 15.7 Å². The van der Waals surface area contributed by atoms with E-state index in [4.69, 9.17) is 5.11 Å². The molecule has 3 N–H and O–H groups in total. The summed E-state index contributed by atoms with van der Waals surface area (Å²) in [6.45, 7) is -0.280. The zero-order valence-electron chi connectivity index (χ0n) is 11.6. The van der Waals surface area contributed by atoms with Gasteiger partial charge in [-0.2, -0.15) is 13.2 Å². The second-order valence-corrected chi connectivity index (χ2v) is 6.11. The standard InChI is InChI=1S/C13H19F3N2O3/c14-13(15,16)12(4-5-17-8-12)10(21)18-7-11(2-1-3-11)6-9(19)20/h17H,1-8H2,(H,18,21)(H,19,20). The fraction of sp³-hybridized carbons (Fsp3) is 0.846. The maximum absolute atomic E-state index is 13.2. The third-order valence-electron chi connectivity index (χ3n) is 4.70. The van der Waals surface area contributed by atoms with Crippen LogP contribution in [-0.2, 0) is 9.59 Å². The van der Waals surface area contributed by atoms with Crippen LogP contribution in [0, 0.1) is 10.8 Å². The minimum atomic E-state index is -4.61. The molecule has 0 aromatic carbocycles. The van der Waals surface area contributed by atoms with Gasteiger partial charge in [0.05, 0.1) is 6.42 Å². The largest absolute Gasteiger partial charge is 0.481 e. The van der Waals surface area contributed by atoms with E-state index in [2.05, 4.69) is 10.6 Å². The number of alkyl halides is 3. The van der Waals surface area contributed by atoms with Crippen molar-refractivity contribution in [1.29, 1.82) is 0 Å². The van der Waals surface area contributed by atoms with E-state index in [0.717, 1.165) is 6.42 Å². The highest BCUT2D eigenvalue weighted by atomic mass is 19.4. The second kappa shape index (κ2) is 5.47. The highest BCUT2D eigenvalue weighted by Gasteiger charge is 2.61. The number of halogens is 3. The number of nitrogens with one attached hydrogen (secondary N) is 2. The molecule has 2 rings (SSSR count). The minimum Gasteiger partial charge on any atom is -0.481 e. The van der Waals surface area contributed by atoms with Crippen molar-refractivity contribution >= 4 is 11.9 Å². The van der Waals surface area contributed by atoms with Crippen molar-refractivity contribution in [3.8, 4) is 0 Å². The van der Waals surface area contributed by atoms with Gasteiger partial charge in [-0.1, -0.05) is 6.42 Å². The van der Waals surface area contributed by atoms with Crippen molar-refractivity contribution < 1.29 is 27.9 Å². The molecule has 0 spiro atoms. The number of carboxylic acids is 1. The first-order chi connectivity index (χ1) is 9.71. The number of carbonyl (C=O) groups is 2. The van der Waals surface area contributed by atoms with E-state index in [1.165, 1.54) is 0 Å². The van der Waals surface area contributed by atoms with E-state index in [1.807, 2.05) is 0 Å². The van der Waals surface area contributed by atoms with Gasteiger partial charge in [0.15, 0.2) is 5.41 Å². The van der Waals surface area contributed by atoms with Gasteiger partial charge in [-0.3, -0.25) is 9.59 Å². The molecule has 0 bridgehead atoms. The summed E-state index contributed by atoms with van der Waals surface area (Å²) in [6, 6.07) is 0. The lowest BCUT2D eigenvalue weighted by Gasteiger charge is -2.41. The molecule has 0 radical (unpaired) electrons. The minimum absolute atomic E-state index is 0.00400. The van der Waals surface area contributed by atoms with Gasteiger partial charge >= 0.3 is 12.1 Å². The molecule has 1 atom stereocenters. The molecule has 1 unspecified atom stereocenters. The molecule has 1 saturated carbocycles. The number of rotatable bonds is 5. The summed E-state index contributed by atoms with van der Waals surface area (Å²) in [7, 11) is 0. The lowest BCUT2D eigenvalue weighted by atomic mass is 9.66. The third kappa shape index (κ3) is 3.00. The Labute approximate surface area is 120 Å². The predicted octanol–water partition coefficient (Wildman–Crippen LogP) is 1.29. The van der Waals surface area contributed by atoms with Crippen LogP contribution in [-0.4, -0.2) is 42.8 Å². The Morgan fingerprint density at radius 2 is 1.90 bits per heavy atom. The fourth-order valence-corrected chi connectivity index (χ4v) is 3.11. The van der Waals surface area contributed by atoms with Gasteiger partial charge in [-0.05, 0) is 31.2 Å². The van der Waals surface area contributed by atoms with E-state index < -0.39 is 35.4 Å². The average molecular weight is 308 g/mol. The summed E-state index contributed by atoms with van der Waals surface area (Å²) < 4.78 is 39.6. The summed E-state index contributed by atoms with van der Waals surface area (Å²) in [4.78, 5) is 22.9.